The lowest BCUT2D eigenvalue weighted by Crippen LogP contribution is -2.41. The molecule has 4 aromatic rings. The average Bonchev–Trinajstić information content (AvgIpc) is 2.98. The second-order valence-corrected chi connectivity index (χ2v) is 7.25. The van der Waals surface area contributed by atoms with Crippen molar-refractivity contribution in [3.05, 3.63) is 53.5 Å². The van der Waals surface area contributed by atoms with Gasteiger partial charge in [0.15, 0.2) is 0 Å². The number of pyridine rings is 1. The lowest BCUT2D eigenvalue weighted by atomic mass is 10.2. The zero-order valence-corrected chi connectivity index (χ0v) is 16.3. The summed E-state index contributed by atoms with van der Waals surface area (Å²) in [4.78, 5) is 21.0. The number of imidazole rings is 1. The van der Waals surface area contributed by atoms with Crippen molar-refractivity contribution < 1.29 is 4.74 Å². The summed E-state index contributed by atoms with van der Waals surface area (Å²) < 4.78 is 7.42. The molecule has 0 spiro atoms. The highest BCUT2D eigenvalue weighted by Gasteiger charge is 2.21. The van der Waals surface area contributed by atoms with E-state index in [1.54, 1.807) is 0 Å². The Balaban J connectivity index is 1.44. The topological polar surface area (TPSA) is 69.0 Å². The highest BCUT2D eigenvalue weighted by Crippen LogP contribution is 2.26. The van der Waals surface area contributed by atoms with Crippen molar-refractivity contribution in [1.82, 2.24) is 24.5 Å². The van der Waals surface area contributed by atoms with Gasteiger partial charge in [0.2, 0.25) is 0 Å². The van der Waals surface area contributed by atoms with Gasteiger partial charge >= 0.3 is 0 Å². The van der Waals surface area contributed by atoms with Gasteiger partial charge in [0.1, 0.15) is 25.1 Å². The number of ether oxygens (including phenoxy) is 1. The molecule has 0 amide bonds. The van der Waals surface area contributed by atoms with E-state index in [-0.39, 0.29) is 0 Å². The van der Waals surface area contributed by atoms with Crippen molar-refractivity contribution in [3.63, 3.8) is 0 Å². The quantitative estimate of drug-likeness (QED) is 0.547. The first-order valence-electron chi connectivity index (χ1n) is 9.47. The molecule has 1 fully saturated rings. The SMILES string of the molecule is Cc1nc(CCc2nc3c4cccnc4ccc3n2C)nc(C)c1N1COC1. The Labute approximate surface area is 163 Å². The van der Waals surface area contributed by atoms with Gasteiger partial charge in [0.05, 0.1) is 33.6 Å². The number of aryl methyl sites for hydroxylation is 5. The largest absolute Gasteiger partial charge is 0.341 e. The van der Waals surface area contributed by atoms with E-state index in [9.17, 15) is 0 Å². The van der Waals surface area contributed by atoms with Gasteiger partial charge in [0, 0.05) is 31.5 Å². The standard InChI is InChI=1S/C21H22N6O/c1-13-21(27-11-28-12-27)14(2)24-18(23-13)8-9-19-25-20-15-5-4-10-22-16(15)6-7-17(20)26(19)3/h4-7,10H,8-9,11-12H2,1-3H3. The molecule has 142 valence electrons. The van der Waals surface area contributed by atoms with E-state index in [4.69, 9.17) is 19.7 Å². The number of benzene rings is 1. The van der Waals surface area contributed by atoms with Crippen molar-refractivity contribution in [1.29, 1.82) is 0 Å². The molecule has 3 aromatic heterocycles. The smallest absolute Gasteiger partial charge is 0.129 e. The number of hydrogen-bond acceptors (Lipinski definition) is 6. The number of fused-ring (bicyclic) bond motifs is 3. The van der Waals surface area contributed by atoms with Crippen LogP contribution in [0.2, 0.25) is 0 Å². The molecule has 0 atom stereocenters. The Morgan fingerprint density at radius 3 is 2.50 bits per heavy atom. The number of hydrogen-bond donors (Lipinski definition) is 0. The Hall–Kier alpha value is -3.06. The van der Waals surface area contributed by atoms with E-state index in [1.165, 1.54) is 0 Å². The fourth-order valence-electron chi connectivity index (χ4n) is 3.96. The van der Waals surface area contributed by atoms with Crippen LogP contribution in [0.3, 0.4) is 0 Å². The predicted molar refractivity (Wildman–Crippen MR) is 108 cm³/mol. The molecule has 1 aliphatic heterocycles. The predicted octanol–water partition coefficient (Wildman–Crippen LogP) is 3.07. The van der Waals surface area contributed by atoms with Crippen molar-refractivity contribution in [2.75, 3.05) is 18.4 Å². The molecule has 1 aliphatic rings. The van der Waals surface area contributed by atoms with Crippen LogP contribution in [0.25, 0.3) is 21.9 Å². The van der Waals surface area contributed by atoms with Crippen LogP contribution in [0.4, 0.5) is 5.69 Å². The molecule has 4 heterocycles. The first-order chi connectivity index (χ1) is 13.6. The van der Waals surface area contributed by atoms with Crippen LogP contribution in [-0.2, 0) is 24.6 Å². The minimum Gasteiger partial charge on any atom is -0.341 e. The molecule has 0 unspecified atom stereocenters. The third kappa shape index (κ3) is 2.70. The highest BCUT2D eigenvalue weighted by molar-refractivity contribution is 6.02. The number of anilines is 1. The van der Waals surface area contributed by atoms with E-state index < -0.39 is 0 Å². The third-order valence-corrected chi connectivity index (χ3v) is 5.39. The Bertz CT molecular complexity index is 1170. The lowest BCUT2D eigenvalue weighted by molar-refractivity contribution is 0.0401. The summed E-state index contributed by atoms with van der Waals surface area (Å²) in [6, 6.07) is 8.18. The molecule has 1 saturated heterocycles. The van der Waals surface area contributed by atoms with Crippen molar-refractivity contribution in [2.24, 2.45) is 7.05 Å². The normalized spacial score (nSPS) is 14.0. The minimum atomic E-state index is 0.618. The van der Waals surface area contributed by atoms with Crippen LogP contribution < -0.4 is 4.90 Å². The molecule has 7 nitrogen and oxygen atoms in total. The zero-order valence-electron chi connectivity index (χ0n) is 16.3. The van der Waals surface area contributed by atoms with Gasteiger partial charge in [-0.3, -0.25) is 4.98 Å². The maximum atomic E-state index is 5.26. The van der Waals surface area contributed by atoms with Crippen LogP contribution in [-0.4, -0.2) is 38.0 Å². The monoisotopic (exact) mass is 374 g/mol. The van der Waals surface area contributed by atoms with Crippen LogP contribution in [0.5, 0.6) is 0 Å². The van der Waals surface area contributed by atoms with Crippen LogP contribution in [0.15, 0.2) is 30.5 Å². The van der Waals surface area contributed by atoms with Gasteiger partial charge in [0.25, 0.3) is 0 Å². The van der Waals surface area contributed by atoms with E-state index in [2.05, 4.69) is 39.7 Å². The summed E-state index contributed by atoms with van der Waals surface area (Å²) >= 11 is 0. The van der Waals surface area contributed by atoms with E-state index in [0.717, 1.165) is 63.5 Å². The van der Waals surface area contributed by atoms with E-state index in [1.807, 2.05) is 26.1 Å². The second kappa shape index (κ2) is 6.53. The van der Waals surface area contributed by atoms with Gasteiger partial charge in [-0.15, -0.1) is 0 Å². The van der Waals surface area contributed by atoms with Crippen LogP contribution in [0.1, 0.15) is 23.0 Å². The van der Waals surface area contributed by atoms with E-state index in [0.29, 0.717) is 13.5 Å². The average molecular weight is 374 g/mol. The molecule has 28 heavy (non-hydrogen) atoms. The first kappa shape index (κ1) is 17.1. The summed E-state index contributed by atoms with van der Waals surface area (Å²) in [6.45, 7) is 5.32. The minimum absolute atomic E-state index is 0.618. The van der Waals surface area contributed by atoms with Gasteiger partial charge in [-0.1, -0.05) is 0 Å². The molecule has 0 N–H and O–H groups in total. The van der Waals surface area contributed by atoms with E-state index >= 15 is 0 Å². The fourth-order valence-corrected chi connectivity index (χ4v) is 3.96. The number of rotatable bonds is 4. The molecular formula is C21H22N6O. The molecule has 1 aromatic carbocycles. The second-order valence-electron chi connectivity index (χ2n) is 7.25. The molecule has 7 heteroatoms. The van der Waals surface area contributed by atoms with Gasteiger partial charge < -0.3 is 14.2 Å². The summed E-state index contributed by atoms with van der Waals surface area (Å²) in [7, 11) is 2.07. The van der Waals surface area contributed by atoms with Gasteiger partial charge in [-0.25, -0.2) is 15.0 Å². The molecular weight excluding hydrogens is 352 g/mol. The maximum Gasteiger partial charge on any atom is 0.129 e. The highest BCUT2D eigenvalue weighted by atomic mass is 16.5. The van der Waals surface area contributed by atoms with Crippen molar-refractivity contribution in [2.45, 2.75) is 26.7 Å². The number of aromatic nitrogens is 5. The van der Waals surface area contributed by atoms with Crippen LogP contribution in [0, 0.1) is 13.8 Å². The zero-order chi connectivity index (χ0) is 19.3. The third-order valence-electron chi connectivity index (χ3n) is 5.39. The number of nitrogens with zero attached hydrogens (tertiary/aromatic N) is 6. The molecule has 0 aliphatic carbocycles. The molecule has 0 saturated carbocycles. The Morgan fingerprint density at radius 1 is 1.00 bits per heavy atom. The summed E-state index contributed by atoms with van der Waals surface area (Å²) in [6.07, 6.45) is 3.36. The van der Waals surface area contributed by atoms with Crippen LogP contribution >= 0.6 is 0 Å². The summed E-state index contributed by atoms with van der Waals surface area (Å²) in [5.74, 6) is 1.89. The fraction of sp³-hybridized carbons (Fsp3) is 0.333. The maximum absolute atomic E-state index is 5.26. The molecule has 0 radical (unpaired) electrons. The van der Waals surface area contributed by atoms with Crippen molar-refractivity contribution >= 4 is 27.6 Å². The first-order valence-corrected chi connectivity index (χ1v) is 9.47. The lowest BCUT2D eigenvalue weighted by Gasteiger charge is -2.34. The molecule has 0 bridgehead atoms. The van der Waals surface area contributed by atoms with Crippen molar-refractivity contribution in [3.8, 4) is 0 Å². The van der Waals surface area contributed by atoms with Gasteiger partial charge in [-0.05, 0) is 38.1 Å². The summed E-state index contributed by atoms with van der Waals surface area (Å²) in [5.41, 5.74) is 6.21. The Morgan fingerprint density at radius 2 is 1.79 bits per heavy atom. The summed E-state index contributed by atoms with van der Waals surface area (Å²) in [5, 5.41) is 1.09. The molecule has 5 rings (SSSR count). The Kier molecular flexibility index (Phi) is 3.98. The van der Waals surface area contributed by atoms with Gasteiger partial charge in [-0.2, -0.15) is 0 Å².